The van der Waals surface area contributed by atoms with Crippen LogP contribution in [0, 0.1) is 5.82 Å². The third-order valence-corrected chi connectivity index (χ3v) is 4.14. The fraction of sp³-hybridized carbons (Fsp3) is 0.188. The van der Waals surface area contributed by atoms with E-state index in [0.29, 0.717) is 5.02 Å². The lowest BCUT2D eigenvalue weighted by molar-refractivity contribution is 0.0526. The molecule has 0 aromatic heterocycles. The van der Waals surface area contributed by atoms with Crippen molar-refractivity contribution in [2.75, 3.05) is 18.0 Å². The van der Waals surface area contributed by atoms with Gasteiger partial charge in [0.2, 0.25) is 0 Å². The van der Waals surface area contributed by atoms with Crippen molar-refractivity contribution in [3.05, 3.63) is 52.8 Å². The standard InChI is InChI=1S/C16H15ClFNO5S/c1-3-24-16(20)10-4-6-13(12(18)8-10)19(25(21)22)14-7-5-11(17)9-15(14)23-2/h4-9H,3H2,1-2H3,(H,21,22). The molecular formula is C16H15ClFNO5S. The normalized spacial score (nSPS) is 11.7. The van der Waals surface area contributed by atoms with Gasteiger partial charge in [-0.2, -0.15) is 0 Å². The zero-order valence-corrected chi connectivity index (χ0v) is 14.9. The Hall–Kier alpha value is -2.16. The molecule has 0 amide bonds. The fourth-order valence-electron chi connectivity index (χ4n) is 2.13. The molecule has 2 rings (SSSR count). The van der Waals surface area contributed by atoms with E-state index in [9.17, 15) is 17.9 Å². The maximum Gasteiger partial charge on any atom is 0.338 e. The molecule has 0 fully saturated rings. The number of benzene rings is 2. The van der Waals surface area contributed by atoms with E-state index in [1.165, 1.54) is 37.4 Å². The number of ether oxygens (including phenoxy) is 2. The Labute approximate surface area is 151 Å². The van der Waals surface area contributed by atoms with E-state index < -0.39 is 23.1 Å². The highest BCUT2D eigenvalue weighted by molar-refractivity contribution is 7.81. The number of esters is 1. The number of hydrogen-bond acceptors (Lipinski definition) is 4. The number of nitrogens with zero attached hydrogens (tertiary/aromatic N) is 1. The van der Waals surface area contributed by atoms with E-state index in [1.54, 1.807) is 6.92 Å². The smallest absolute Gasteiger partial charge is 0.338 e. The molecule has 2 aromatic rings. The summed E-state index contributed by atoms with van der Waals surface area (Å²) < 4.78 is 46.7. The van der Waals surface area contributed by atoms with E-state index >= 15 is 0 Å². The highest BCUT2D eigenvalue weighted by Gasteiger charge is 2.23. The summed E-state index contributed by atoms with van der Waals surface area (Å²) in [6.45, 7) is 1.78. The van der Waals surface area contributed by atoms with Crippen LogP contribution in [0.1, 0.15) is 17.3 Å². The minimum absolute atomic E-state index is 0.00477. The van der Waals surface area contributed by atoms with E-state index in [0.717, 1.165) is 10.4 Å². The van der Waals surface area contributed by atoms with Crippen molar-refractivity contribution in [3.8, 4) is 5.75 Å². The highest BCUT2D eigenvalue weighted by Crippen LogP contribution is 2.37. The summed E-state index contributed by atoms with van der Waals surface area (Å²) in [5.74, 6) is -1.37. The Morgan fingerprint density at radius 2 is 1.96 bits per heavy atom. The lowest BCUT2D eigenvalue weighted by Crippen LogP contribution is -2.21. The van der Waals surface area contributed by atoms with Crippen LogP contribution >= 0.6 is 11.6 Å². The van der Waals surface area contributed by atoms with Crippen LogP contribution in [0.2, 0.25) is 5.02 Å². The molecular weight excluding hydrogens is 373 g/mol. The molecule has 134 valence electrons. The van der Waals surface area contributed by atoms with Crippen molar-refractivity contribution >= 4 is 40.2 Å². The first-order valence-corrected chi connectivity index (χ1v) is 8.54. The molecule has 0 bridgehead atoms. The van der Waals surface area contributed by atoms with Crippen LogP contribution < -0.4 is 9.04 Å². The Morgan fingerprint density at radius 1 is 1.28 bits per heavy atom. The van der Waals surface area contributed by atoms with Crippen LogP contribution in [0.5, 0.6) is 5.75 Å². The average Bonchev–Trinajstić information content (AvgIpc) is 2.57. The average molecular weight is 388 g/mol. The Balaban J connectivity index is 2.52. The van der Waals surface area contributed by atoms with Crippen molar-refractivity contribution in [2.24, 2.45) is 0 Å². The molecule has 0 aliphatic heterocycles. The molecule has 0 saturated carbocycles. The van der Waals surface area contributed by atoms with E-state index in [-0.39, 0.29) is 29.3 Å². The molecule has 9 heteroatoms. The number of methoxy groups -OCH3 is 1. The minimum Gasteiger partial charge on any atom is -0.494 e. The summed E-state index contributed by atoms with van der Waals surface area (Å²) >= 11 is 3.28. The van der Waals surface area contributed by atoms with Crippen LogP contribution in [-0.4, -0.2) is 28.4 Å². The van der Waals surface area contributed by atoms with Gasteiger partial charge in [-0.05, 0) is 37.3 Å². The van der Waals surface area contributed by atoms with Crippen molar-refractivity contribution in [2.45, 2.75) is 6.92 Å². The van der Waals surface area contributed by atoms with Gasteiger partial charge in [0.25, 0.3) is 11.3 Å². The quantitative estimate of drug-likeness (QED) is 0.600. The minimum atomic E-state index is -2.60. The number of hydrogen-bond donors (Lipinski definition) is 1. The van der Waals surface area contributed by atoms with Gasteiger partial charge in [0, 0.05) is 11.1 Å². The Kier molecular flexibility index (Phi) is 6.35. The lowest BCUT2D eigenvalue weighted by Gasteiger charge is -2.23. The van der Waals surface area contributed by atoms with Gasteiger partial charge < -0.3 is 9.47 Å². The van der Waals surface area contributed by atoms with Crippen molar-refractivity contribution in [3.63, 3.8) is 0 Å². The number of carbonyl (C=O) groups is 1. The van der Waals surface area contributed by atoms with Crippen LogP contribution in [0.4, 0.5) is 15.8 Å². The highest BCUT2D eigenvalue weighted by atomic mass is 35.5. The maximum absolute atomic E-state index is 14.5. The molecule has 6 nitrogen and oxygen atoms in total. The van der Waals surface area contributed by atoms with Crippen LogP contribution in [0.25, 0.3) is 0 Å². The second-order valence-corrected chi connectivity index (χ2v) is 5.99. The molecule has 1 unspecified atom stereocenters. The van der Waals surface area contributed by atoms with Gasteiger partial charge in [-0.15, -0.1) is 0 Å². The third-order valence-electron chi connectivity index (χ3n) is 3.19. The summed E-state index contributed by atoms with van der Waals surface area (Å²) in [6, 6.07) is 7.79. The summed E-state index contributed by atoms with van der Waals surface area (Å²) in [4.78, 5) is 11.7. The monoisotopic (exact) mass is 387 g/mol. The van der Waals surface area contributed by atoms with Gasteiger partial charge in [0.1, 0.15) is 11.6 Å². The summed E-state index contributed by atoms with van der Waals surface area (Å²) in [5, 5.41) is 0.349. The van der Waals surface area contributed by atoms with Gasteiger partial charge >= 0.3 is 5.97 Å². The van der Waals surface area contributed by atoms with Gasteiger partial charge in [-0.25, -0.2) is 17.7 Å². The first-order valence-electron chi connectivity index (χ1n) is 7.10. The molecule has 0 saturated heterocycles. The van der Waals surface area contributed by atoms with Crippen molar-refractivity contribution in [1.82, 2.24) is 0 Å². The Bertz CT molecular complexity index is 817. The first-order chi connectivity index (χ1) is 11.9. The number of halogens is 2. The molecule has 0 heterocycles. The van der Waals surface area contributed by atoms with Gasteiger partial charge in [-0.3, -0.25) is 4.55 Å². The van der Waals surface area contributed by atoms with Gasteiger partial charge in [0.15, 0.2) is 0 Å². The predicted molar refractivity (Wildman–Crippen MR) is 93.3 cm³/mol. The predicted octanol–water partition coefficient (Wildman–Crippen LogP) is 3.94. The molecule has 0 radical (unpaired) electrons. The summed E-state index contributed by atoms with van der Waals surface area (Å²) in [7, 11) is 1.36. The van der Waals surface area contributed by atoms with E-state index in [4.69, 9.17) is 21.1 Å². The van der Waals surface area contributed by atoms with Crippen molar-refractivity contribution in [1.29, 1.82) is 0 Å². The zero-order chi connectivity index (χ0) is 18.6. The molecule has 0 aliphatic rings. The largest absolute Gasteiger partial charge is 0.494 e. The second kappa shape index (κ2) is 8.28. The first kappa shape index (κ1) is 19.2. The molecule has 0 spiro atoms. The van der Waals surface area contributed by atoms with Gasteiger partial charge in [-0.1, -0.05) is 11.6 Å². The number of carbonyl (C=O) groups excluding carboxylic acids is 1. The van der Waals surface area contributed by atoms with Crippen LogP contribution in [0.15, 0.2) is 36.4 Å². The number of rotatable bonds is 6. The Morgan fingerprint density at radius 3 is 2.52 bits per heavy atom. The second-order valence-electron chi connectivity index (χ2n) is 4.73. The summed E-state index contributed by atoms with van der Waals surface area (Å²) in [6.07, 6.45) is 0. The lowest BCUT2D eigenvalue weighted by atomic mass is 10.2. The molecule has 0 aliphatic carbocycles. The van der Waals surface area contributed by atoms with E-state index in [1.807, 2.05) is 0 Å². The van der Waals surface area contributed by atoms with E-state index in [2.05, 4.69) is 0 Å². The van der Waals surface area contributed by atoms with Crippen LogP contribution in [-0.2, 0) is 16.0 Å². The van der Waals surface area contributed by atoms with Gasteiger partial charge in [0.05, 0.1) is 30.7 Å². The maximum atomic E-state index is 14.5. The SMILES string of the molecule is CCOC(=O)c1ccc(N(c2ccc(Cl)cc2OC)S(=O)O)c(F)c1. The third kappa shape index (κ3) is 4.28. The zero-order valence-electron chi connectivity index (χ0n) is 13.4. The molecule has 2 aromatic carbocycles. The fourth-order valence-corrected chi connectivity index (χ4v) is 2.93. The molecule has 1 atom stereocenters. The summed E-state index contributed by atoms with van der Waals surface area (Å²) in [5.41, 5.74) is -0.0835. The topological polar surface area (TPSA) is 76.1 Å². The van der Waals surface area contributed by atoms with Crippen LogP contribution in [0.3, 0.4) is 0 Å². The molecule has 1 N–H and O–H groups in total. The molecule has 25 heavy (non-hydrogen) atoms. The van der Waals surface area contributed by atoms with Crippen molar-refractivity contribution < 1.29 is 27.4 Å². The number of anilines is 2.